The van der Waals surface area contributed by atoms with E-state index in [1.165, 1.54) is 27.4 Å². The summed E-state index contributed by atoms with van der Waals surface area (Å²) in [6, 6.07) is 6.95. The first-order chi connectivity index (χ1) is 12.8. The van der Waals surface area contributed by atoms with Crippen molar-refractivity contribution < 1.29 is 28.5 Å². The van der Waals surface area contributed by atoms with Gasteiger partial charge in [-0.15, -0.1) is 0 Å². The third kappa shape index (κ3) is 4.22. The molecule has 6 heteroatoms. The number of ether oxygens (including phenoxy) is 4. The van der Waals surface area contributed by atoms with Crippen molar-refractivity contribution in [2.75, 3.05) is 27.9 Å². The van der Waals surface area contributed by atoms with Crippen molar-refractivity contribution in [1.82, 2.24) is 0 Å². The predicted molar refractivity (Wildman–Crippen MR) is 101 cm³/mol. The lowest BCUT2D eigenvalue weighted by Crippen LogP contribution is -2.17. The van der Waals surface area contributed by atoms with E-state index in [1.807, 2.05) is 32.9 Å². The number of hydrogen-bond acceptors (Lipinski definition) is 6. The van der Waals surface area contributed by atoms with Crippen LogP contribution in [0.3, 0.4) is 0 Å². The minimum absolute atomic E-state index is 0.153. The van der Waals surface area contributed by atoms with E-state index in [0.717, 1.165) is 16.7 Å². The Kier molecular flexibility index (Phi) is 6.45. The molecule has 0 saturated carbocycles. The second-order valence-corrected chi connectivity index (χ2v) is 6.15. The molecule has 6 nitrogen and oxygen atoms in total. The second kappa shape index (κ2) is 8.58. The molecule has 27 heavy (non-hydrogen) atoms. The summed E-state index contributed by atoms with van der Waals surface area (Å²) >= 11 is 0. The molecular formula is C21H24O6. The third-order valence-corrected chi connectivity index (χ3v) is 4.21. The molecule has 0 aromatic heterocycles. The van der Waals surface area contributed by atoms with Crippen molar-refractivity contribution in [2.45, 2.75) is 20.8 Å². The van der Waals surface area contributed by atoms with Gasteiger partial charge in [-0.2, -0.15) is 0 Å². The number of methoxy groups -OCH3 is 3. The average Bonchev–Trinajstić information content (AvgIpc) is 2.63. The number of ketones is 1. The maximum Gasteiger partial charge on any atom is 0.342 e. The summed E-state index contributed by atoms with van der Waals surface area (Å²) in [5.74, 6) is -0.0303. The SMILES string of the molecule is COc1ccc(C(=O)OCC(=O)c2c(C)cc(C)cc2C)c(OC)c1OC. The van der Waals surface area contributed by atoms with E-state index < -0.39 is 5.97 Å². The fourth-order valence-electron chi connectivity index (χ4n) is 3.16. The van der Waals surface area contributed by atoms with E-state index in [4.69, 9.17) is 18.9 Å². The Morgan fingerprint density at radius 1 is 0.852 bits per heavy atom. The van der Waals surface area contributed by atoms with Crippen molar-refractivity contribution >= 4 is 11.8 Å². The van der Waals surface area contributed by atoms with Gasteiger partial charge in [0.05, 0.1) is 21.3 Å². The van der Waals surface area contributed by atoms with Gasteiger partial charge in [-0.3, -0.25) is 4.79 Å². The molecule has 144 valence electrons. The number of carbonyl (C=O) groups excluding carboxylic acids is 2. The molecule has 2 rings (SSSR count). The van der Waals surface area contributed by atoms with Gasteiger partial charge >= 0.3 is 5.97 Å². The lowest BCUT2D eigenvalue weighted by molar-refractivity contribution is 0.0470. The van der Waals surface area contributed by atoms with Gasteiger partial charge < -0.3 is 18.9 Å². The maximum atomic E-state index is 12.6. The monoisotopic (exact) mass is 372 g/mol. The van der Waals surface area contributed by atoms with Crippen LogP contribution >= 0.6 is 0 Å². The van der Waals surface area contributed by atoms with Gasteiger partial charge in [0, 0.05) is 5.56 Å². The summed E-state index contributed by atoms with van der Waals surface area (Å²) in [4.78, 5) is 25.1. The van der Waals surface area contributed by atoms with E-state index in [2.05, 4.69) is 0 Å². The molecule has 0 aliphatic heterocycles. The molecule has 0 bridgehead atoms. The molecule has 0 unspecified atom stereocenters. The van der Waals surface area contributed by atoms with Crippen molar-refractivity contribution in [3.63, 3.8) is 0 Å². The molecule has 0 N–H and O–H groups in total. The summed E-state index contributed by atoms with van der Waals surface area (Å²) in [6.45, 7) is 5.34. The van der Waals surface area contributed by atoms with E-state index >= 15 is 0 Å². The first kappa shape index (κ1) is 20.3. The first-order valence-electron chi connectivity index (χ1n) is 8.41. The van der Waals surface area contributed by atoms with Crippen LogP contribution in [0.15, 0.2) is 24.3 Å². The van der Waals surface area contributed by atoms with Gasteiger partial charge in [-0.25, -0.2) is 4.79 Å². The van der Waals surface area contributed by atoms with Crippen LogP contribution in [0.25, 0.3) is 0 Å². The van der Waals surface area contributed by atoms with E-state index in [-0.39, 0.29) is 29.5 Å². The summed E-state index contributed by atoms with van der Waals surface area (Å²) in [6.07, 6.45) is 0. The predicted octanol–water partition coefficient (Wildman–Crippen LogP) is 3.68. The van der Waals surface area contributed by atoms with E-state index in [0.29, 0.717) is 11.3 Å². The number of hydrogen-bond donors (Lipinski definition) is 0. The standard InChI is InChI=1S/C21H24O6/c1-12-9-13(2)18(14(3)10-12)16(22)11-27-21(23)15-7-8-17(24-4)20(26-6)19(15)25-5/h7-10H,11H2,1-6H3. The van der Waals surface area contributed by atoms with Crippen LogP contribution in [0.4, 0.5) is 0 Å². The molecule has 2 aromatic rings. The molecule has 0 aliphatic rings. The summed E-state index contributed by atoms with van der Waals surface area (Å²) in [5, 5.41) is 0. The Labute approximate surface area is 159 Å². The Bertz CT molecular complexity index is 846. The lowest BCUT2D eigenvalue weighted by Gasteiger charge is -2.15. The summed E-state index contributed by atoms with van der Waals surface area (Å²) in [5.41, 5.74) is 3.52. The van der Waals surface area contributed by atoms with Crippen molar-refractivity contribution in [1.29, 1.82) is 0 Å². The Hall–Kier alpha value is -3.02. The molecule has 2 aromatic carbocycles. The topological polar surface area (TPSA) is 71.1 Å². The number of benzene rings is 2. The van der Waals surface area contributed by atoms with Crippen LogP contribution in [-0.2, 0) is 4.74 Å². The Morgan fingerprint density at radius 2 is 1.44 bits per heavy atom. The normalized spacial score (nSPS) is 10.3. The molecular weight excluding hydrogens is 348 g/mol. The highest BCUT2D eigenvalue weighted by molar-refractivity contribution is 6.02. The number of rotatable bonds is 7. The number of Topliss-reactive ketones (excluding diaryl/α,β-unsaturated/α-hetero) is 1. The zero-order valence-corrected chi connectivity index (χ0v) is 16.5. The summed E-state index contributed by atoms with van der Waals surface area (Å²) < 4.78 is 21.0. The van der Waals surface area contributed by atoms with Crippen molar-refractivity contribution in [3.05, 3.63) is 52.1 Å². The minimum atomic E-state index is -0.677. The van der Waals surface area contributed by atoms with E-state index in [1.54, 1.807) is 6.07 Å². The summed E-state index contributed by atoms with van der Waals surface area (Å²) in [7, 11) is 4.35. The zero-order chi connectivity index (χ0) is 20.1. The van der Waals surface area contributed by atoms with Crippen molar-refractivity contribution in [3.8, 4) is 17.2 Å². The fourth-order valence-corrected chi connectivity index (χ4v) is 3.16. The average molecular weight is 372 g/mol. The second-order valence-electron chi connectivity index (χ2n) is 6.15. The highest BCUT2D eigenvalue weighted by Gasteiger charge is 2.23. The van der Waals surface area contributed by atoms with Crippen LogP contribution in [0, 0.1) is 20.8 Å². The van der Waals surface area contributed by atoms with Gasteiger partial charge in [-0.1, -0.05) is 17.7 Å². The lowest BCUT2D eigenvalue weighted by atomic mass is 9.97. The van der Waals surface area contributed by atoms with Gasteiger partial charge in [-0.05, 0) is 44.0 Å². The first-order valence-corrected chi connectivity index (χ1v) is 8.41. The molecule has 0 fully saturated rings. The molecule has 0 amide bonds. The molecule has 0 saturated heterocycles. The van der Waals surface area contributed by atoms with E-state index in [9.17, 15) is 9.59 Å². The maximum absolute atomic E-state index is 12.6. The van der Waals surface area contributed by atoms with Crippen LogP contribution in [0.5, 0.6) is 17.2 Å². The number of aryl methyl sites for hydroxylation is 3. The van der Waals surface area contributed by atoms with Crippen LogP contribution in [-0.4, -0.2) is 39.7 Å². The highest BCUT2D eigenvalue weighted by atomic mass is 16.5. The highest BCUT2D eigenvalue weighted by Crippen LogP contribution is 2.39. The van der Waals surface area contributed by atoms with Crippen LogP contribution < -0.4 is 14.2 Å². The van der Waals surface area contributed by atoms with Gasteiger partial charge in [0.1, 0.15) is 5.56 Å². The molecule has 0 spiro atoms. The largest absolute Gasteiger partial charge is 0.493 e. The number of esters is 1. The van der Waals surface area contributed by atoms with Crippen LogP contribution in [0.1, 0.15) is 37.4 Å². The zero-order valence-electron chi connectivity index (χ0n) is 16.5. The van der Waals surface area contributed by atoms with Crippen molar-refractivity contribution in [2.24, 2.45) is 0 Å². The molecule has 0 heterocycles. The fraction of sp³-hybridized carbons (Fsp3) is 0.333. The third-order valence-electron chi connectivity index (χ3n) is 4.21. The molecule has 0 atom stereocenters. The minimum Gasteiger partial charge on any atom is -0.493 e. The van der Waals surface area contributed by atoms with Crippen LogP contribution in [0.2, 0.25) is 0 Å². The molecule has 0 aliphatic carbocycles. The van der Waals surface area contributed by atoms with Gasteiger partial charge in [0.2, 0.25) is 11.5 Å². The van der Waals surface area contributed by atoms with Gasteiger partial charge in [0.15, 0.2) is 18.1 Å². The molecule has 0 radical (unpaired) electrons. The smallest absolute Gasteiger partial charge is 0.342 e. The number of carbonyl (C=O) groups is 2. The Balaban J connectivity index is 2.23. The van der Waals surface area contributed by atoms with Gasteiger partial charge in [0.25, 0.3) is 0 Å². The Morgan fingerprint density at radius 3 is 1.96 bits per heavy atom. The quantitative estimate of drug-likeness (QED) is 0.545.